The number of ether oxygens (including phenoxy) is 2. The summed E-state index contributed by atoms with van der Waals surface area (Å²) < 4.78 is 10.2. The van der Waals surface area contributed by atoms with Crippen molar-refractivity contribution in [2.24, 2.45) is 0 Å². The molecule has 1 heterocycles. The summed E-state index contributed by atoms with van der Waals surface area (Å²) in [4.78, 5) is 18.9. The van der Waals surface area contributed by atoms with Crippen LogP contribution in [-0.4, -0.2) is 16.6 Å². The zero-order valence-electron chi connectivity index (χ0n) is 10.7. The molecule has 21 heavy (non-hydrogen) atoms. The maximum atomic E-state index is 10.2. The predicted molar refractivity (Wildman–Crippen MR) is 72.3 cm³/mol. The molecule has 0 spiro atoms. The van der Waals surface area contributed by atoms with Gasteiger partial charge in [-0.15, -0.1) is 0 Å². The van der Waals surface area contributed by atoms with Crippen LogP contribution < -0.4 is 9.47 Å². The molecule has 0 radical (unpaired) electrons. The number of nitro benzene ring substituents is 2. The van der Waals surface area contributed by atoms with E-state index in [1.807, 2.05) is 24.3 Å². The highest BCUT2D eigenvalue weighted by Crippen LogP contribution is 2.30. The summed E-state index contributed by atoms with van der Waals surface area (Å²) in [5.74, 6) is 1.69. The molecule has 2 aromatic carbocycles. The first-order valence-electron chi connectivity index (χ1n) is 5.82. The number of nitrogens with zero attached hydrogens (tertiary/aromatic N) is 2. The Bertz CT molecular complexity index is 617. The van der Waals surface area contributed by atoms with Crippen LogP contribution in [0.25, 0.3) is 0 Å². The molecule has 8 nitrogen and oxygen atoms in total. The molecule has 0 aromatic heterocycles. The molecule has 0 saturated carbocycles. The van der Waals surface area contributed by atoms with Gasteiger partial charge in [-0.1, -0.05) is 24.3 Å². The molecule has 0 atom stereocenters. The molecule has 1 aliphatic rings. The molecule has 3 rings (SSSR count). The molecule has 8 heteroatoms. The van der Waals surface area contributed by atoms with Crippen molar-refractivity contribution in [3.63, 3.8) is 0 Å². The van der Waals surface area contributed by atoms with Gasteiger partial charge in [0.05, 0.1) is 9.85 Å². The Morgan fingerprint density at radius 1 is 0.762 bits per heavy atom. The van der Waals surface area contributed by atoms with E-state index in [1.165, 1.54) is 12.1 Å². The minimum absolute atomic E-state index is 0.360. The minimum atomic E-state index is -0.780. The zero-order valence-corrected chi connectivity index (χ0v) is 10.7. The average Bonchev–Trinajstić information content (AvgIpc) is 2.96. The standard InChI is InChI=1S/C7H6O2.C6H4N2O4/c1-2-4-7-6(3-1)8-5-9-7;9-7(10)5-3-1-2-4-6(5)8(11)12/h1-4H,5H2;1-4H. The van der Waals surface area contributed by atoms with Crippen molar-refractivity contribution in [2.45, 2.75) is 0 Å². The highest BCUT2D eigenvalue weighted by Gasteiger charge is 2.21. The largest absolute Gasteiger partial charge is 0.454 e. The van der Waals surface area contributed by atoms with Crippen molar-refractivity contribution in [3.05, 3.63) is 68.8 Å². The SMILES string of the molecule is O=[N+]([O-])c1ccccc1[N+](=O)[O-].c1ccc2c(c1)OCO2. The van der Waals surface area contributed by atoms with E-state index in [1.54, 1.807) is 0 Å². The molecule has 0 fully saturated rings. The predicted octanol–water partition coefficient (Wildman–Crippen LogP) is 2.92. The molecular weight excluding hydrogens is 280 g/mol. The Morgan fingerprint density at radius 2 is 1.14 bits per heavy atom. The summed E-state index contributed by atoms with van der Waals surface area (Å²) in [6.07, 6.45) is 0. The number of rotatable bonds is 2. The van der Waals surface area contributed by atoms with Crippen LogP contribution in [0, 0.1) is 20.2 Å². The number of hydrogen-bond donors (Lipinski definition) is 0. The third kappa shape index (κ3) is 3.44. The summed E-state index contributed by atoms with van der Waals surface area (Å²) >= 11 is 0. The van der Waals surface area contributed by atoms with Gasteiger partial charge in [-0.25, -0.2) is 0 Å². The van der Waals surface area contributed by atoms with Gasteiger partial charge >= 0.3 is 11.4 Å². The number of fused-ring (bicyclic) bond motifs is 1. The lowest BCUT2D eigenvalue weighted by molar-refractivity contribution is -0.422. The molecular formula is C13H10N2O6. The van der Waals surface area contributed by atoms with E-state index >= 15 is 0 Å². The van der Waals surface area contributed by atoms with E-state index in [0.29, 0.717) is 6.79 Å². The van der Waals surface area contributed by atoms with E-state index in [9.17, 15) is 20.2 Å². The summed E-state index contributed by atoms with van der Waals surface area (Å²) in [5.41, 5.74) is -0.968. The first kappa shape index (κ1) is 14.3. The molecule has 0 saturated heterocycles. The van der Waals surface area contributed by atoms with Gasteiger partial charge < -0.3 is 9.47 Å². The first-order valence-corrected chi connectivity index (χ1v) is 5.82. The Kier molecular flexibility index (Phi) is 4.30. The van der Waals surface area contributed by atoms with Crippen LogP contribution in [-0.2, 0) is 0 Å². The third-order valence-corrected chi connectivity index (χ3v) is 2.55. The van der Waals surface area contributed by atoms with Crippen molar-refractivity contribution < 1.29 is 19.3 Å². The highest BCUT2D eigenvalue weighted by molar-refractivity contribution is 5.51. The Balaban J connectivity index is 0.000000159. The molecule has 0 unspecified atom stereocenters. The summed E-state index contributed by atoms with van der Waals surface area (Å²) in [6, 6.07) is 12.6. The molecule has 0 amide bonds. The second-order valence-corrected chi connectivity index (χ2v) is 3.86. The first-order chi connectivity index (χ1) is 10.1. The second kappa shape index (κ2) is 6.33. The Labute approximate surface area is 118 Å². The van der Waals surface area contributed by atoms with E-state index < -0.39 is 21.2 Å². The second-order valence-electron chi connectivity index (χ2n) is 3.86. The fourth-order valence-electron chi connectivity index (χ4n) is 1.62. The lowest BCUT2D eigenvalue weighted by atomic mass is 10.3. The van der Waals surface area contributed by atoms with E-state index in [-0.39, 0.29) is 0 Å². The van der Waals surface area contributed by atoms with Crippen molar-refractivity contribution in [1.29, 1.82) is 0 Å². The van der Waals surface area contributed by atoms with Crippen LogP contribution in [0.5, 0.6) is 11.5 Å². The molecule has 0 N–H and O–H groups in total. The molecule has 2 aromatic rings. The van der Waals surface area contributed by atoms with E-state index in [0.717, 1.165) is 23.6 Å². The average molecular weight is 290 g/mol. The van der Waals surface area contributed by atoms with Crippen LogP contribution in [0.4, 0.5) is 11.4 Å². The molecule has 0 aliphatic carbocycles. The molecule has 1 aliphatic heterocycles. The third-order valence-electron chi connectivity index (χ3n) is 2.55. The summed E-state index contributed by atoms with van der Waals surface area (Å²) in [6.45, 7) is 0.360. The molecule has 0 bridgehead atoms. The van der Waals surface area contributed by atoms with Gasteiger partial charge in [-0.3, -0.25) is 20.2 Å². The van der Waals surface area contributed by atoms with Crippen LogP contribution in [0.1, 0.15) is 0 Å². The van der Waals surface area contributed by atoms with Gasteiger partial charge in [-0.2, -0.15) is 0 Å². The van der Waals surface area contributed by atoms with E-state index in [2.05, 4.69) is 0 Å². The van der Waals surface area contributed by atoms with Crippen molar-refractivity contribution >= 4 is 11.4 Å². The van der Waals surface area contributed by atoms with E-state index in [4.69, 9.17) is 9.47 Å². The smallest absolute Gasteiger partial charge is 0.346 e. The van der Waals surface area contributed by atoms with Crippen molar-refractivity contribution in [2.75, 3.05) is 6.79 Å². The highest BCUT2D eigenvalue weighted by atomic mass is 16.7. The fraction of sp³-hybridized carbons (Fsp3) is 0.0769. The minimum Gasteiger partial charge on any atom is -0.454 e. The quantitative estimate of drug-likeness (QED) is 0.622. The lowest BCUT2D eigenvalue weighted by Gasteiger charge is -1.91. The topological polar surface area (TPSA) is 105 Å². The normalized spacial score (nSPS) is 11.2. The summed E-state index contributed by atoms with van der Waals surface area (Å²) in [7, 11) is 0. The van der Waals surface area contributed by atoms with Gasteiger partial charge in [-0.05, 0) is 12.1 Å². The maximum absolute atomic E-state index is 10.2. The van der Waals surface area contributed by atoms with Crippen molar-refractivity contribution in [3.8, 4) is 11.5 Å². The van der Waals surface area contributed by atoms with Gasteiger partial charge in [0.15, 0.2) is 11.5 Å². The fourth-order valence-corrected chi connectivity index (χ4v) is 1.62. The number of para-hydroxylation sites is 4. The van der Waals surface area contributed by atoms with Crippen LogP contribution in [0.3, 0.4) is 0 Å². The van der Waals surface area contributed by atoms with Gasteiger partial charge in [0.2, 0.25) is 6.79 Å². The van der Waals surface area contributed by atoms with Crippen LogP contribution in [0.15, 0.2) is 48.5 Å². The van der Waals surface area contributed by atoms with Crippen LogP contribution in [0.2, 0.25) is 0 Å². The Hall–Kier alpha value is -3.16. The molecule has 108 valence electrons. The van der Waals surface area contributed by atoms with Gasteiger partial charge in [0.1, 0.15) is 0 Å². The number of hydrogen-bond acceptors (Lipinski definition) is 6. The number of benzene rings is 2. The van der Waals surface area contributed by atoms with Crippen molar-refractivity contribution in [1.82, 2.24) is 0 Å². The monoisotopic (exact) mass is 290 g/mol. The van der Waals surface area contributed by atoms with Gasteiger partial charge in [0, 0.05) is 12.1 Å². The maximum Gasteiger partial charge on any atom is 0.346 e. The Morgan fingerprint density at radius 3 is 1.52 bits per heavy atom. The lowest BCUT2D eigenvalue weighted by Crippen LogP contribution is -1.95. The zero-order chi connectivity index (χ0) is 15.2. The summed E-state index contributed by atoms with van der Waals surface area (Å²) in [5, 5.41) is 20.5. The van der Waals surface area contributed by atoms with Gasteiger partial charge in [0.25, 0.3) is 0 Å². The number of nitro groups is 2. The van der Waals surface area contributed by atoms with Crippen LogP contribution >= 0.6 is 0 Å².